The summed E-state index contributed by atoms with van der Waals surface area (Å²) < 4.78 is 0. The number of benzene rings is 11. The van der Waals surface area contributed by atoms with Crippen LogP contribution in [0.3, 0.4) is 0 Å². The summed E-state index contributed by atoms with van der Waals surface area (Å²) >= 11 is 0. The molecule has 0 aliphatic carbocycles. The Balaban J connectivity index is 1.11. The lowest BCUT2D eigenvalue weighted by Crippen LogP contribution is -1.87. The Morgan fingerprint density at radius 1 is 0.180 bits per heavy atom. The Morgan fingerprint density at radius 3 is 1.10 bits per heavy atom. The molecular formula is C50H30. The van der Waals surface area contributed by atoms with Crippen molar-refractivity contribution < 1.29 is 0 Å². The highest BCUT2D eigenvalue weighted by Crippen LogP contribution is 2.40. The molecule has 0 heterocycles. The zero-order valence-corrected chi connectivity index (χ0v) is 27.3. The van der Waals surface area contributed by atoms with Gasteiger partial charge in [0.1, 0.15) is 0 Å². The van der Waals surface area contributed by atoms with Gasteiger partial charge in [-0.05, 0) is 181 Å². The lowest BCUT2D eigenvalue weighted by atomic mass is 9.90. The highest BCUT2D eigenvalue weighted by atomic mass is 14.2. The van der Waals surface area contributed by atoms with E-state index in [0.29, 0.717) is 0 Å². The molecule has 0 aliphatic rings. The van der Waals surface area contributed by atoms with E-state index in [1.807, 2.05) is 0 Å². The Morgan fingerprint density at radius 2 is 0.540 bits per heavy atom. The van der Waals surface area contributed by atoms with Crippen molar-refractivity contribution in [2.45, 2.75) is 0 Å². The summed E-state index contributed by atoms with van der Waals surface area (Å²) in [5.41, 5.74) is 5.02. The van der Waals surface area contributed by atoms with Crippen molar-refractivity contribution in [1.29, 1.82) is 0 Å². The molecule has 0 aliphatic heterocycles. The standard InChI is InChI=1S/C50H30/c1-2-9-31(10-3-1)45-14-6-7-15-46(45)47-16-8-13-34-21-39-25-41-23-36-18-17-35-22-40-24-37-19-32-11-4-5-12-33(32)20-38(37)26-42(40)29-49(35)50(36)30-44(41)27-43(39)28-48(34)47/h1-30H. The summed E-state index contributed by atoms with van der Waals surface area (Å²) in [7, 11) is 0. The molecule has 0 radical (unpaired) electrons. The van der Waals surface area contributed by atoms with E-state index in [9.17, 15) is 0 Å². The molecule has 0 heteroatoms. The molecule has 11 aromatic carbocycles. The third kappa shape index (κ3) is 4.25. The van der Waals surface area contributed by atoms with Crippen LogP contribution >= 0.6 is 0 Å². The van der Waals surface area contributed by atoms with Crippen molar-refractivity contribution in [3.8, 4) is 22.3 Å². The summed E-state index contributed by atoms with van der Waals surface area (Å²) in [6.07, 6.45) is 0. The van der Waals surface area contributed by atoms with Crippen molar-refractivity contribution in [3.05, 3.63) is 182 Å². The molecule has 11 rings (SSSR count). The van der Waals surface area contributed by atoms with Crippen molar-refractivity contribution >= 4 is 86.2 Å². The second-order valence-electron chi connectivity index (χ2n) is 13.8. The Kier molecular flexibility index (Phi) is 5.76. The van der Waals surface area contributed by atoms with Crippen LogP contribution in [0.1, 0.15) is 0 Å². The molecule has 0 fully saturated rings. The van der Waals surface area contributed by atoms with E-state index >= 15 is 0 Å². The maximum Gasteiger partial charge on any atom is -0.00988 e. The first-order chi connectivity index (χ1) is 24.7. The molecule has 0 spiro atoms. The molecule has 0 bridgehead atoms. The molecule has 0 amide bonds. The van der Waals surface area contributed by atoms with Crippen LogP contribution < -0.4 is 0 Å². The molecular weight excluding hydrogens is 601 g/mol. The fraction of sp³-hybridized carbons (Fsp3) is 0. The maximum atomic E-state index is 2.41. The van der Waals surface area contributed by atoms with Gasteiger partial charge in [0, 0.05) is 0 Å². The van der Waals surface area contributed by atoms with Crippen LogP contribution in [0.25, 0.3) is 108 Å². The van der Waals surface area contributed by atoms with Crippen LogP contribution in [-0.4, -0.2) is 0 Å². The van der Waals surface area contributed by atoms with Crippen molar-refractivity contribution in [1.82, 2.24) is 0 Å². The number of rotatable bonds is 2. The van der Waals surface area contributed by atoms with E-state index in [2.05, 4.69) is 182 Å². The van der Waals surface area contributed by atoms with Gasteiger partial charge in [0.15, 0.2) is 0 Å². The zero-order chi connectivity index (χ0) is 32.8. The summed E-state index contributed by atoms with van der Waals surface area (Å²) in [4.78, 5) is 0. The molecule has 0 unspecified atom stereocenters. The van der Waals surface area contributed by atoms with E-state index in [1.54, 1.807) is 0 Å². The minimum atomic E-state index is 1.24. The largest absolute Gasteiger partial charge is 0.0622 e. The predicted octanol–water partition coefficient (Wildman–Crippen LogP) is 14.2. The minimum Gasteiger partial charge on any atom is -0.0622 e. The summed E-state index contributed by atoms with van der Waals surface area (Å²) in [5.74, 6) is 0. The van der Waals surface area contributed by atoms with Gasteiger partial charge in [-0.2, -0.15) is 0 Å². The first-order valence-electron chi connectivity index (χ1n) is 17.4. The van der Waals surface area contributed by atoms with E-state index < -0.39 is 0 Å². The molecule has 0 saturated carbocycles. The van der Waals surface area contributed by atoms with Crippen LogP contribution in [0, 0.1) is 0 Å². The first-order valence-corrected chi connectivity index (χ1v) is 17.4. The quantitative estimate of drug-likeness (QED) is 0.132. The SMILES string of the molecule is c1ccc(-c2ccccc2-c2cccc3cc4cc5cc6ccc7cc8cc9cc%10ccccc%10cc9cc8cc7c6cc5cc4cc23)cc1. The molecule has 11 aromatic rings. The zero-order valence-electron chi connectivity index (χ0n) is 27.3. The minimum absolute atomic E-state index is 1.24. The summed E-state index contributed by atoms with van der Waals surface area (Å²) in [6.45, 7) is 0. The van der Waals surface area contributed by atoms with Gasteiger partial charge < -0.3 is 0 Å². The second-order valence-corrected chi connectivity index (χ2v) is 13.8. The smallest absolute Gasteiger partial charge is 0.00988 e. The maximum absolute atomic E-state index is 2.41. The van der Waals surface area contributed by atoms with Gasteiger partial charge in [-0.15, -0.1) is 0 Å². The second kappa shape index (κ2) is 10.5. The van der Waals surface area contributed by atoms with Crippen molar-refractivity contribution in [2.24, 2.45) is 0 Å². The summed E-state index contributed by atoms with van der Waals surface area (Å²) in [6, 6.07) is 67.9. The van der Waals surface area contributed by atoms with Gasteiger partial charge in [0.05, 0.1) is 0 Å². The van der Waals surface area contributed by atoms with Gasteiger partial charge in [-0.25, -0.2) is 0 Å². The van der Waals surface area contributed by atoms with E-state index in [1.165, 1.54) is 108 Å². The molecule has 0 N–H and O–H groups in total. The van der Waals surface area contributed by atoms with Gasteiger partial charge in [-0.3, -0.25) is 0 Å². The van der Waals surface area contributed by atoms with Gasteiger partial charge in [0.25, 0.3) is 0 Å². The third-order valence-electron chi connectivity index (χ3n) is 10.8. The fourth-order valence-corrected chi connectivity index (χ4v) is 8.35. The molecule has 0 saturated heterocycles. The van der Waals surface area contributed by atoms with Crippen LogP contribution in [-0.2, 0) is 0 Å². The van der Waals surface area contributed by atoms with E-state index in [4.69, 9.17) is 0 Å². The highest BCUT2D eigenvalue weighted by Gasteiger charge is 2.13. The molecule has 0 atom stereocenters. The molecule has 0 aromatic heterocycles. The van der Waals surface area contributed by atoms with Crippen molar-refractivity contribution in [3.63, 3.8) is 0 Å². The van der Waals surface area contributed by atoms with Crippen LogP contribution in [0.2, 0.25) is 0 Å². The lowest BCUT2D eigenvalue weighted by Gasteiger charge is -2.14. The summed E-state index contributed by atoms with van der Waals surface area (Å²) in [5, 5.41) is 20.5. The normalized spacial score (nSPS) is 12.0. The lowest BCUT2D eigenvalue weighted by molar-refractivity contribution is 1.60. The average Bonchev–Trinajstić information content (AvgIpc) is 3.16. The number of hydrogen-bond acceptors (Lipinski definition) is 0. The predicted molar refractivity (Wildman–Crippen MR) is 217 cm³/mol. The van der Waals surface area contributed by atoms with Gasteiger partial charge >= 0.3 is 0 Å². The third-order valence-corrected chi connectivity index (χ3v) is 10.8. The van der Waals surface area contributed by atoms with E-state index in [0.717, 1.165) is 0 Å². The van der Waals surface area contributed by atoms with Gasteiger partial charge in [0.2, 0.25) is 0 Å². The van der Waals surface area contributed by atoms with E-state index in [-0.39, 0.29) is 0 Å². The van der Waals surface area contributed by atoms with Crippen LogP contribution in [0.4, 0.5) is 0 Å². The molecule has 0 nitrogen and oxygen atoms in total. The first kappa shape index (κ1) is 27.5. The monoisotopic (exact) mass is 630 g/mol. The van der Waals surface area contributed by atoms with Crippen LogP contribution in [0.15, 0.2) is 182 Å². The number of hydrogen-bond donors (Lipinski definition) is 0. The number of fused-ring (bicyclic) bond motifs is 9. The van der Waals surface area contributed by atoms with Gasteiger partial charge in [-0.1, -0.05) is 109 Å². The molecule has 230 valence electrons. The Bertz CT molecular complexity index is 3190. The van der Waals surface area contributed by atoms with Crippen molar-refractivity contribution in [2.75, 3.05) is 0 Å². The topological polar surface area (TPSA) is 0 Å². The highest BCUT2D eigenvalue weighted by molar-refractivity contribution is 6.18. The fourth-order valence-electron chi connectivity index (χ4n) is 8.35. The van der Waals surface area contributed by atoms with Crippen LogP contribution in [0.5, 0.6) is 0 Å². The Labute approximate surface area is 289 Å². The molecule has 50 heavy (non-hydrogen) atoms. The average molecular weight is 631 g/mol. The Hall–Kier alpha value is -6.50.